The maximum absolute atomic E-state index is 11.6. The van der Waals surface area contributed by atoms with E-state index >= 15 is 0 Å². The van der Waals surface area contributed by atoms with Gasteiger partial charge in [0, 0.05) is 5.02 Å². The summed E-state index contributed by atoms with van der Waals surface area (Å²) >= 11 is 5.69. The second-order valence-corrected chi connectivity index (χ2v) is 3.75. The summed E-state index contributed by atoms with van der Waals surface area (Å²) in [5, 5.41) is 12.2. The summed E-state index contributed by atoms with van der Waals surface area (Å²) in [6, 6.07) is 3.48. The van der Waals surface area contributed by atoms with Crippen LogP contribution < -0.4 is 5.32 Å². The number of halogens is 1. The van der Waals surface area contributed by atoms with Crippen molar-refractivity contribution in [1.29, 1.82) is 0 Å². The maximum atomic E-state index is 11.6. The lowest BCUT2D eigenvalue weighted by Crippen LogP contribution is -2.52. The van der Waals surface area contributed by atoms with Gasteiger partial charge in [-0.25, -0.2) is 4.79 Å². The zero-order valence-electron chi connectivity index (χ0n) is 8.07. The zero-order valence-corrected chi connectivity index (χ0v) is 8.82. The molecule has 1 heterocycles. The highest BCUT2D eigenvalue weighted by Gasteiger charge is 2.32. The smallest absolute Gasteiger partial charge is 0.332 e. The summed E-state index contributed by atoms with van der Waals surface area (Å²) in [5.74, 6) is -1.22. The van der Waals surface area contributed by atoms with Crippen molar-refractivity contribution in [3.63, 3.8) is 0 Å². The Morgan fingerprint density at radius 2 is 2.31 bits per heavy atom. The molecule has 1 aromatic rings. The van der Waals surface area contributed by atoms with Crippen LogP contribution >= 0.6 is 11.6 Å². The molecule has 0 saturated carbocycles. The first kappa shape index (κ1) is 10.8. The summed E-state index contributed by atoms with van der Waals surface area (Å²) in [5.41, 5.74) is 0.0344. The quantitative estimate of drug-likeness (QED) is 0.748. The summed E-state index contributed by atoms with van der Waals surface area (Å²) in [4.78, 5) is 22.5. The van der Waals surface area contributed by atoms with Gasteiger partial charge in [-0.15, -0.1) is 0 Å². The van der Waals surface area contributed by atoms with Crippen molar-refractivity contribution in [1.82, 2.24) is 5.32 Å². The van der Waals surface area contributed by atoms with Gasteiger partial charge in [0.15, 0.2) is 6.04 Å². The van der Waals surface area contributed by atoms with Crippen LogP contribution in [-0.4, -0.2) is 29.6 Å². The number of cyclic esters (lactones) is 1. The Kier molecular flexibility index (Phi) is 2.70. The minimum absolute atomic E-state index is 0.0344. The van der Waals surface area contributed by atoms with Gasteiger partial charge < -0.3 is 15.2 Å². The molecule has 1 fully saturated rings. The lowest BCUT2D eigenvalue weighted by molar-refractivity contribution is -0.162. The molecule has 5 nitrogen and oxygen atoms in total. The Morgan fingerprint density at radius 1 is 1.56 bits per heavy atom. The third-order valence-corrected chi connectivity index (χ3v) is 2.42. The van der Waals surface area contributed by atoms with Crippen molar-refractivity contribution < 1.29 is 19.4 Å². The zero-order chi connectivity index (χ0) is 11.7. The molecule has 1 saturated heterocycles. The van der Waals surface area contributed by atoms with E-state index in [1.54, 1.807) is 0 Å². The Balaban J connectivity index is 2.14. The molecule has 6 heteroatoms. The number of carbonyl (C=O) groups is 2. The van der Waals surface area contributed by atoms with Crippen LogP contribution in [-0.2, 0) is 9.53 Å². The first-order chi connectivity index (χ1) is 7.58. The average Bonchev–Trinajstić information content (AvgIpc) is 2.26. The van der Waals surface area contributed by atoms with E-state index in [2.05, 4.69) is 10.1 Å². The molecule has 1 aliphatic rings. The van der Waals surface area contributed by atoms with Gasteiger partial charge in [-0.3, -0.25) is 4.79 Å². The van der Waals surface area contributed by atoms with Crippen molar-refractivity contribution in [3.8, 4) is 5.75 Å². The van der Waals surface area contributed by atoms with E-state index in [-0.39, 0.29) is 17.9 Å². The van der Waals surface area contributed by atoms with E-state index < -0.39 is 17.9 Å². The highest BCUT2D eigenvalue weighted by atomic mass is 35.5. The van der Waals surface area contributed by atoms with Crippen LogP contribution in [0.5, 0.6) is 5.75 Å². The van der Waals surface area contributed by atoms with Crippen LogP contribution in [0.3, 0.4) is 0 Å². The van der Waals surface area contributed by atoms with E-state index in [0.29, 0.717) is 5.02 Å². The lowest BCUT2D eigenvalue weighted by Gasteiger charge is -2.25. The van der Waals surface area contributed by atoms with Crippen LogP contribution in [0.1, 0.15) is 10.4 Å². The fourth-order valence-corrected chi connectivity index (χ4v) is 1.43. The molecule has 1 amide bonds. The number of hydrogen-bond donors (Lipinski definition) is 2. The highest BCUT2D eigenvalue weighted by Crippen LogP contribution is 2.21. The Morgan fingerprint density at radius 3 is 2.88 bits per heavy atom. The van der Waals surface area contributed by atoms with Gasteiger partial charge in [0.2, 0.25) is 0 Å². The Bertz CT molecular complexity index is 460. The lowest BCUT2D eigenvalue weighted by atomic mass is 10.1. The average molecular weight is 242 g/mol. The second-order valence-electron chi connectivity index (χ2n) is 3.32. The fraction of sp³-hybridized carbons (Fsp3) is 0.200. The van der Waals surface area contributed by atoms with Crippen LogP contribution in [0.2, 0.25) is 5.02 Å². The summed E-state index contributed by atoms with van der Waals surface area (Å²) in [7, 11) is 0. The van der Waals surface area contributed by atoms with Crippen molar-refractivity contribution in [2.24, 2.45) is 0 Å². The van der Waals surface area contributed by atoms with Gasteiger partial charge in [-0.2, -0.15) is 0 Å². The van der Waals surface area contributed by atoms with Crippen molar-refractivity contribution in [2.45, 2.75) is 6.04 Å². The molecule has 2 rings (SSSR count). The molecule has 84 valence electrons. The third kappa shape index (κ3) is 1.94. The fourth-order valence-electron chi connectivity index (χ4n) is 1.26. The van der Waals surface area contributed by atoms with Crippen molar-refractivity contribution in [3.05, 3.63) is 28.8 Å². The number of esters is 1. The molecular weight excluding hydrogens is 234 g/mol. The van der Waals surface area contributed by atoms with Crippen molar-refractivity contribution in [2.75, 3.05) is 6.61 Å². The topological polar surface area (TPSA) is 75.6 Å². The molecule has 16 heavy (non-hydrogen) atoms. The molecule has 1 aromatic carbocycles. The predicted molar refractivity (Wildman–Crippen MR) is 55.3 cm³/mol. The second kappa shape index (κ2) is 4.02. The Hall–Kier alpha value is -1.75. The minimum atomic E-state index is -0.633. The predicted octanol–water partition coefficient (Wildman–Crippen LogP) is 0.701. The van der Waals surface area contributed by atoms with Gasteiger partial charge in [0.05, 0.1) is 5.56 Å². The van der Waals surface area contributed by atoms with Crippen LogP contribution in [0.15, 0.2) is 18.2 Å². The van der Waals surface area contributed by atoms with Crippen molar-refractivity contribution >= 4 is 23.5 Å². The Labute approximate surface area is 96.0 Å². The van der Waals surface area contributed by atoms with Crippen LogP contribution in [0.4, 0.5) is 0 Å². The maximum Gasteiger partial charge on any atom is 0.332 e. The molecule has 0 bridgehead atoms. The SMILES string of the molecule is O=C(NC1COC1=O)c1cc(Cl)ccc1O. The standard InChI is InChI=1S/C10H8ClNO4/c11-5-1-2-8(13)6(3-5)9(14)12-7-4-16-10(7)15/h1-3,7,13H,4H2,(H,12,14). The molecule has 1 atom stereocenters. The summed E-state index contributed by atoms with van der Waals surface area (Å²) in [6.07, 6.45) is 0. The summed E-state index contributed by atoms with van der Waals surface area (Å²) in [6.45, 7) is 0.159. The number of nitrogens with one attached hydrogen (secondary N) is 1. The molecule has 0 radical (unpaired) electrons. The normalized spacial score (nSPS) is 18.6. The minimum Gasteiger partial charge on any atom is -0.507 e. The molecule has 0 aliphatic carbocycles. The highest BCUT2D eigenvalue weighted by molar-refractivity contribution is 6.31. The molecule has 2 N–H and O–H groups in total. The molecular formula is C10H8ClNO4. The number of phenols is 1. The van der Waals surface area contributed by atoms with E-state index in [0.717, 1.165) is 0 Å². The number of rotatable bonds is 2. The van der Waals surface area contributed by atoms with Gasteiger partial charge in [-0.1, -0.05) is 11.6 Å². The monoisotopic (exact) mass is 241 g/mol. The summed E-state index contributed by atoms with van der Waals surface area (Å²) < 4.78 is 4.49. The molecule has 0 spiro atoms. The van der Waals surface area contributed by atoms with E-state index in [4.69, 9.17) is 11.6 Å². The van der Waals surface area contributed by atoms with Gasteiger partial charge in [0.25, 0.3) is 5.91 Å². The molecule has 1 unspecified atom stereocenters. The third-order valence-electron chi connectivity index (χ3n) is 2.19. The van der Waals surface area contributed by atoms with Crippen LogP contribution in [0.25, 0.3) is 0 Å². The number of benzene rings is 1. The van der Waals surface area contributed by atoms with E-state index in [1.165, 1.54) is 18.2 Å². The first-order valence-corrected chi connectivity index (χ1v) is 4.92. The van der Waals surface area contributed by atoms with E-state index in [9.17, 15) is 14.7 Å². The van der Waals surface area contributed by atoms with Gasteiger partial charge in [0.1, 0.15) is 12.4 Å². The van der Waals surface area contributed by atoms with Gasteiger partial charge >= 0.3 is 5.97 Å². The largest absolute Gasteiger partial charge is 0.507 e. The molecule has 0 aromatic heterocycles. The number of carbonyl (C=O) groups excluding carboxylic acids is 2. The number of amides is 1. The number of phenolic OH excluding ortho intramolecular Hbond substituents is 1. The molecule has 1 aliphatic heterocycles. The number of aromatic hydroxyl groups is 1. The van der Waals surface area contributed by atoms with Crippen LogP contribution in [0, 0.1) is 0 Å². The first-order valence-electron chi connectivity index (χ1n) is 4.54. The van der Waals surface area contributed by atoms with E-state index in [1.807, 2.05) is 0 Å². The number of ether oxygens (including phenoxy) is 1. The number of hydrogen-bond acceptors (Lipinski definition) is 4. The van der Waals surface area contributed by atoms with Gasteiger partial charge in [-0.05, 0) is 18.2 Å².